The molecular formula is C13H28N2O2S. The fourth-order valence-electron chi connectivity index (χ4n) is 2.50. The Hall–Kier alpha value is -0.130. The van der Waals surface area contributed by atoms with Gasteiger partial charge in [-0.1, -0.05) is 32.6 Å². The molecule has 0 aromatic rings. The molecule has 0 saturated heterocycles. The molecule has 0 aromatic carbocycles. The highest BCUT2D eigenvalue weighted by Crippen LogP contribution is 2.28. The first-order valence-corrected chi connectivity index (χ1v) is 8.97. The van der Waals surface area contributed by atoms with E-state index in [2.05, 4.69) is 17.0 Å². The van der Waals surface area contributed by atoms with Gasteiger partial charge in [0.2, 0.25) is 10.0 Å². The second-order valence-corrected chi connectivity index (χ2v) is 7.18. The summed E-state index contributed by atoms with van der Waals surface area (Å²) in [5.41, 5.74) is 0. The Bertz CT molecular complexity index is 298. The van der Waals surface area contributed by atoms with Crippen LogP contribution in [0.25, 0.3) is 0 Å². The van der Waals surface area contributed by atoms with E-state index in [1.165, 1.54) is 32.1 Å². The van der Waals surface area contributed by atoms with Crippen LogP contribution in [0.4, 0.5) is 0 Å². The minimum absolute atomic E-state index is 0.191. The van der Waals surface area contributed by atoms with E-state index in [0.717, 1.165) is 25.3 Å². The first-order valence-electron chi connectivity index (χ1n) is 7.32. The number of hydrogen-bond acceptors (Lipinski definition) is 3. The molecule has 0 unspecified atom stereocenters. The normalized spacial score (nSPS) is 17.4. The van der Waals surface area contributed by atoms with Crippen molar-refractivity contribution in [3.8, 4) is 0 Å². The van der Waals surface area contributed by atoms with Crippen LogP contribution in [-0.4, -0.2) is 33.8 Å². The zero-order valence-electron chi connectivity index (χ0n) is 11.6. The summed E-state index contributed by atoms with van der Waals surface area (Å²) in [5.74, 6) is 1.04. The third-order valence-corrected chi connectivity index (χ3v) is 4.95. The van der Waals surface area contributed by atoms with Crippen LogP contribution in [-0.2, 0) is 10.0 Å². The van der Waals surface area contributed by atoms with Crippen LogP contribution in [0, 0.1) is 5.92 Å². The lowest BCUT2D eigenvalue weighted by molar-refractivity contribution is 0.480. The van der Waals surface area contributed by atoms with Gasteiger partial charge in [-0.25, -0.2) is 13.1 Å². The monoisotopic (exact) mass is 276 g/mol. The van der Waals surface area contributed by atoms with Gasteiger partial charge >= 0.3 is 0 Å². The molecule has 0 heterocycles. The van der Waals surface area contributed by atoms with Gasteiger partial charge in [-0.2, -0.15) is 0 Å². The Kier molecular flexibility index (Phi) is 7.86. The van der Waals surface area contributed by atoms with Crippen LogP contribution >= 0.6 is 0 Å². The van der Waals surface area contributed by atoms with Crippen molar-refractivity contribution < 1.29 is 8.42 Å². The van der Waals surface area contributed by atoms with Crippen LogP contribution < -0.4 is 10.0 Å². The molecule has 1 fully saturated rings. The van der Waals surface area contributed by atoms with Crippen LogP contribution in [0.15, 0.2) is 0 Å². The van der Waals surface area contributed by atoms with Crippen LogP contribution in [0.3, 0.4) is 0 Å². The highest BCUT2D eigenvalue weighted by atomic mass is 32.2. The molecule has 5 heteroatoms. The average molecular weight is 276 g/mol. The summed E-state index contributed by atoms with van der Waals surface area (Å²) in [6.07, 6.45) is 8.60. The van der Waals surface area contributed by atoms with Gasteiger partial charge in [0.15, 0.2) is 0 Å². The molecule has 0 radical (unpaired) electrons. The fourth-order valence-corrected chi connectivity index (χ4v) is 3.51. The molecule has 0 spiro atoms. The van der Waals surface area contributed by atoms with E-state index in [-0.39, 0.29) is 5.75 Å². The predicted molar refractivity (Wildman–Crippen MR) is 76.1 cm³/mol. The molecule has 1 aliphatic carbocycles. The molecule has 0 aliphatic heterocycles. The van der Waals surface area contributed by atoms with Crippen molar-refractivity contribution in [1.82, 2.24) is 10.0 Å². The van der Waals surface area contributed by atoms with E-state index in [0.29, 0.717) is 13.1 Å². The summed E-state index contributed by atoms with van der Waals surface area (Å²) in [6, 6.07) is 0. The van der Waals surface area contributed by atoms with Gasteiger partial charge in [0.05, 0.1) is 5.75 Å². The zero-order valence-corrected chi connectivity index (χ0v) is 12.4. The van der Waals surface area contributed by atoms with Crippen molar-refractivity contribution in [3.05, 3.63) is 0 Å². The third-order valence-electron chi connectivity index (χ3n) is 3.56. The van der Waals surface area contributed by atoms with Gasteiger partial charge in [0.25, 0.3) is 0 Å². The molecule has 18 heavy (non-hydrogen) atoms. The first kappa shape index (κ1) is 15.9. The van der Waals surface area contributed by atoms with E-state index in [9.17, 15) is 8.42 Å². The van der Waals surface area contributed by atoms with E-state index < -0.39 is 10.0 Å². The molecule has 4 nitrogen and oxygen atoms in total. The molecule has 1 aliphatic rings. The quantitative estimate of drug-likeness (QED) is 0.599. The summed E-state index contributed by atoms with van der Waals surface area (Å²) < 4.78 is 26.0. The second kappa shape index (κ2) is 8.88. The van der Waals surface area contributed by atoms with E-state index in [1.807, 2.05) is 0 Å². The third kappa shape index (κ3) is 7.34. The minimum atomic E-state index is -3.07. The maximum absolute atomic E-state index is 11.6. The van der Waals surface area contributed by atoms with Crippen molar-refractivity contribution in [1.29, 1.82) is 0 Å². The molecule has 0 amide bonds. The molecule has 0 aromatic heterocycles. The Labute approximate surface area is 112 Å². The lowest BCUT2D eigenvalue weighted by atomic mass is 10.0. The van der Waals surface area contributed by atoms with Gasteiger partial charge in [0.1, 0.15) is 0 Å². The van der Waals surface area contributed by atoms with Gasteiger partial charge in [-0.05, 0) is 31.7 Å². The largest absolute Gasteiger partial charge is 0.316 e. The van der Waals surface area contributed by atoms with Gasteiger partial charge in [-0.15, -0.1) is 0 Å². The molecule has 108 valence electrons. The molecule has 0 bridgehead atoms. The van der Waals surface area contributed by atoms with Crippen LogP contribution in [0.5, 0.6) is 0 Å². The summed E-state index contributed by atoms with van der Waals surface area (Å²) in [5, 5.41) is 3.11. The summed E-state index contributed by atoms with van der Waals surface area (Å²) in [7, 11) is -3.07. The predicted octanol–water partition coefficient (Wildman–Crippen LogP) is 1.88. The fraction of sp³-hybridized carbons (Fsp3) is 1.00. The maximum Gasteiger partial charge on any atom is 0.212 e. The molecule has 2 N–H and O–H groups in total. The lowest BCUT2D eigenvalue weighted by Crippen LogP contribution is -2.32. The molecular weight excluding hydrogens is 248 g/mol. The molecule has 1 saturated carbocycles. The van der Waals surface area contributed by atoms with E-state index >= 15 is 0 Å². The lowest BCUT2D eigenvalue weighted by Gasteiger charge is -2.10. The zero-order chi connectivity index (χ0) is 13.3. The Morgan fingerprint density at radius 2 is 1.83 bits per heavy atom. The summed E-state index contributed by atoms with van der Waals surface area (Å²) in [4.78, 5) is 0. The van der Waals surface area contributed by atoms with E-state index in [1.54, 1.807) is 0 Å². The highest BCUT2D eigenvalue weighted by Gasteiger charge is 2.15. The van der Waals surface area contributed by atoms with Gasteiger partial charge < -0.3 is 5.32 Å². The Morgan fingerprint density at radius 3 is 2.50 bits per heavy atom. The van der Waals surface area contributed by atoms with Gasteiger partial charge in [-0.3, -0.25) is 0 Å². The first-order chi connectivity index (χ1) is 8.64. The van der Waals surface area contributed by atoms with Crippen LogP contribution in [0.1, 0.15) is 51.9 Å². The van der Waals surface area contributed by atoms with Crippen molar-refractivity contribution in [3.63, 3.8) is 0 Å². The minimum Gasteiger partial charge on any atom is -0.316 e. The average Bonchev–Trinajstić information content (AvgIpc) is 2.83. The Balaban J connectivity index is 2.01. The van der Waals surface area contributed by atoms with Crippen molar-refractivity contribution in [2.24, 2.45) is 5.92 Å². The summed E-state index contributed by atoms with van der Waals surface area (Å²) >= 11 is 0. The number of nitrogens with one attached hydrogen (secondary N) is 2. The number of sulfonamides is 1. The van der Waals surface area contributed by atoms with E-state index in [4.69, 9.17) is 0 Å². The molecule has 1 rings (SSSR count). The SMILES string of the molecule is CCCNCCS(=O)(=O)NCCCC1CCCC1. The summed E-state index contributed by atoms with van der Waals surface area (Å²) in [6.45, 7) is 4.11. The Morgan fingerprint density at radius 1 is 1.11 bits per heavy atom. The van der Waals surface area contributed by atoms with Crippen LogP contribution in [0.2, 0.25) is 0 Å². The van der Waals surface area contributed by atoms with Crippen molar-refractivity contribution >= 4 is 10.0 Å². The standard InChI is InChI=1S/C13H28N2O2S/c1-2-9-14-11-12-18(16,17)15-10-5-8-13-6-3-4-7-13/h13-15H,2-12H2,1H3. The number of rotatable bonds is 10. The second-order valence-electron chi connectivity index (χ2n) is 5.26. The number of hydrogen-bond donors (Lipinski definition) is 2. The smallest absolute Gasteiger partial charge is 0.212 e. The van der Waals surface area contributed by atoms with Crippen molar-refractivity contribution in [2.45, 2.75) is 51.9 Å². The van der Waals surface area contributed by atoms with Crippen molar-refractivity contribution in [2.75, 3.05) is 25.4 Å². The highest BCUT2D eigenvalue weighted by molar-refractivity contribution is 7.89. The topological polar surface area (TPSA) is 58.2 Å². The maximum atomic E-state index is 11.6. The van der Waals surface area contributed by atoms with Gasteiger partial charge in [0, 0.05) is 13.1 Å². The molecule has 0 atom stereocenters.